The fourth-order valence-corrected chi connectivity index (χ4v) is 5.01. The Hall–Kier alpha value is -3.82. The summed E-state index contributed by atoms with van der Waals surface area (Å²) in [6.45, 7) is 0.634. The zero-order valence-electron chi connectivity index (χ0n) is 22.0. The van der Waals surface area contributed by atoms with Crippen LogP contribution in [0, 0.1) is 5.82 Å². The zero-order valence-corrected chi connectivity index (χ0v) is 22.0. The van der Waals surface area contributed by atoms with Crippen LogP contribution in [0.2, 0.25) is 0 Å². The summed E-state index contributed by atoms with van der Waals surface area (Å²) < 4.78 is 14.3. The maximum Gasteiger partial charge on any atom is 0.264 e. The van der Waals surface area contributed by atoms with Gasteiger partial charge in [-0.2, -0.15) is 0 Å². The molecule has 8 nitrogen and oxygen atoms in total. The van der Waals surface area contributed by atoms with E-state index in [1.165, 1.54) is 0 Å². The van der Waals surface area contributed by atoms with Crippen molar-refractivity contribution in [2.45, 2.75) is 44.3 Å². The highest BCUT2D eigenvalue weighted by molar-refractivity contribution is 6.04. The highest BCUT2D eigenvalue weighted by Crippen LogP contribution is 2.33. The molecule has 1 fully saturated rings. The van der Waals surface area contributed by atoms with E-state index in [0.717, 1.165) is 52.4 Å². The number of pyridine rings is 1. The lowest BCUT2D eigenvalue weighted by Gasteiger charge is -2.33. The summed E-state index contributed by atoms with van der Waals surface area (Å²) in [6, 6.07) is 13.9. The molecule has 0 saturated heterocycles. The van der Waals surface area contributed by atoms with Gasteiger partial charge in [-0.15, -0.1) is 0 Å². The molecule has 0 unspecified atom stereocenters. The molecule has 2 amide bonds. The van der Waals surface area contributed by atoms with Crippen LogP contribution in [0.5, 0.6) is 5.75 Å². The van der Waals surface area contributed by atoms with E-state index in [-0.39, 0.29) is 29.2 Å². The van der Waals surface area contributed by atoms with Gasteiger partial charge in [0.2, 0.25) is 6.41 Å². The largest absolute Gasteiger partial charge is 0.508 e. The van der Waals surface area contributed by atoms with Crippen molar-refractivity contribution in [3.8, 4) is 16.9 Å². The van der Waals surface area contributed by atoms with Crippen LogP contribution in [0.4, 0.5) is 15.9 Å². The molecule has 0 bridgehead atoms. The van der Waals surface area contributed by atoms with Gasteiger partial charge in [-0.1, -0.05) is 18.2 Å². The first-order valence-corrected chi connectivity index (χ1v) is 12.7. The molecule has 0 aliphatic heterocycles. The molecule has 200 valence electrons. The highest BCUT2D eigenvalue weighted by Gasteiger charge is 2.31. The average Bonchev–Trinajstić information content (AvgIpc) is 2.89. The van der Waals surface area contributed by atoms with Crippen molar-refractivity contribution in [3.05, 3.63) is 71.7 Å². The highest BCUT2D eigenvalue weighted by atomic mass is 19.1. The number of aromatic nitrogens is 1. The maximum atomic E-state index is 14.3. The van der Waals surface area contributed by atoms with Crippen molar-refractivity contribution >= 4 is 23.8 Å². The van der Waals surface area contributed by atoms with Crippen molar-refractivity contribution in [1.29, 1.82) is 0 Å². The van der Waals surface area contributed by atoms with Crippen molar-refractivity contribution < 1.29 is 19.1 Å². The predicted octanol–water partition coefficient (Wildman–Crippen LogP) is 4.29. The number of nitrogens with zero attached hydrogens (tertiary/aromatic N) is 4. The lowest BCUT2D eigenvalue weighted by Crippen LogP contribution is -2.43. The Bertz CT molecular complexity index is 1310. The van der Waals surface area contributed by atoms with Gasteiger partial charge in [-0.05, 0) is 86.8 Å². The molecule has 3 aromatic rings. The number of phenols is 1. The van der Waals surface area contributed by atoms with Crippen LogP contribution in [-0.2, 0) is 11.3 Å². The van der Waals surface area contributed by atoms with Crippen molar-refractivity contribution in [1.82, 2.24) is 14.8 Å². The summed E-state index contributed by atoms with van der Waals surface area (Å²) in [6.07, 6.45) is 4.25. The smallest absolute Gasteiger partial charge is 0.264 e. The van der Waals surface area contributed by atoms with Gasteiger partial charge < -0.3 is 20.6 Å². The van der Waals surface area contributed by atoms with Crippen LogP contribution in [-0.4, -0.2) is 65.4 Å². The standard InChI is InChI=1S/C29H34FN5O3/c1-33(2)17-20-14-25(37)11-12-26(20)19-5-4-6-24(13-19)34(3)28-27(15-21(30)16-32-28)29(38)35(18-36)23-9-7-22(31)8-10-23/h4-6,11-16,18,22-23,37H,7-10,17,31H2,1-3H3. The van der Waals surface area contributed by atoms with Gasteiger partial charge in [0, 0.05) is 31.4 Å². The van der Waals surface area contributed by atoms with Crippen LogP contribution in [0.15, 0.2) is 54.7 Å². The topological polar surface area (TPSA) is 103 Å². The third-order valence-electron chi connectivity index (χ3n) is 6.98. The molecule has 1 aliphatic carbocycles. The first-order valence-electron chi connectivity index (χ1n) is 12.7. The Morgan fingerprint density at radius 1 is 1.11 bits per heavy atom. The first-order chi connectivity index (χ1) is 18.2. The van der Waals surface area contributed by atoms with Crippen LogP contribution in [0.1, 0.15) is 41.6 Å². The lowest BCUT2D eigenvalue weighted by atomic mass is 9.90. The number of carbonyl (C=O) groups is 2. The van der Waals surface area contributed by atoms with E-state index in [0.29, 0.717) is 25.8 Å². The number of hydrogen-bond acceptors (Lipinski definition) is 7. The molecular weight excluding hydrogens is 485 g/mol. The summed E-state index contributed by atoms with van der Waals surface area (Å²) in [7, 11) is 5.67. The summed E-state index contributed by atoms with van der Waals surface area (Å²) >= 11 is 0. The number of rotatable bonds is 8. The predicted molar refractivity (Wildman–Crippen MR) is 146 cm³/mol. The average molecular weight is 520 g/mol. The normalized spacial score (nSPS) is 17.3. The van der Waals surface area contributed by atoms with Gasteiger partial charge >= 0.3 is 0 Å². The number of halogens is 1. The third kappa shape index (κ3) is 6.00. The molecule has 0 atom stereocenters. The van der Waals surface area contributed by atoms with E-state index >= 15 is 0 Å². The van der Waals surface area contributed by atoms with E-state index < -0.39 is 11.7 Å². The van der Waals surface area contributed by atoms with Gasteiger partial charge in [-0.3, -0.25) is 14.5 Å². The molecule has 1 heterocycles. The minimum absolute atomic E-state index is 0.0119. The van der Waals surface area contributed by atoms with E-state index in [2.05, 4.69) is 4.98 Å². The summed E-state index contributed by atoms with van der Waals surface area (Å²) in [5.41, 5.74) is 9.56. The molecule has 3 N–H and O–H groups in total. The molecule has 1 aromatic heterocycles. The van der Waals surface area contributed by atoms with E-state index in [9.17, 15) is 19.1 Å². The van der Waals surface area contributed by atoms with Crippen LogP contribution in [0.25, 0.3) is 11.1 Å². The Labute approximate surface area is 222 Å². The second kappa shape index (κ2) is 11.7. The number of aromatic hydroxyl groups is 1. The molecule has 9 heteroatoms. The molecule has 4 rings (SSSR count). The molecular formula is C29H34FN5O3. The van der Waals surface area contributed by atoms with Gasteiger partial charge in [-0.25, -0.2) is 9.37 Å². The fourth-order valence-electron chi connectivity index (χ4n) is 5.01. The number of amides is 2. The second-order valence-corrected chi connectivity index (χ2v) is 10.1. The SMILES string of the molecule is CN(C)Cc1cc(O)ccc1-c1cccc(N(C)c2ncc(F)cc2C(=O)N(C=O)C2CCC(N)CC2)c1. The summed E-state index contributed by atoms with van der Waals surface area (Å²) in [5, 5.41) is 10.0. The maximum absolute atomic E-state index is 14.3. The Balaban J connectivity index is 1.69. The molecule has 0 spiro atoms. The van der Waals surface area contributed by atoms with Crippen molar-refractivity contribution in [2.24, 2.45) is 5.73 Å². The number of benzene rings is 2. The Kier molecular flexibility index (Phi) is 8.38. The van der Waals surface area contributed by atoms with Crippen molar-refractivity contribution in [3.63, 3.8) is 0 Å². The van der Waals surface area contributed by atoms with Gasteiger partial charge in [0.05, 0.1) is 11.8 Å². The minimum atomic E-state index is -0.659. The monoisotopic (exact) mass is 519 g/mol. The molecule has 1 aliphatic rings. The summed E-state index contributed by atoms with van der Waals surface area (Å²) in [4.78, 5) is 34.7. The zero-order chi connectivity index (χ0) is 27.4. The Morgan fingerprint density at radius 3 is 2.53 bits per heavy atom. The first kappa shape index (κ1) is 27.2. The quantitative estimate of drug-likeness (QED) is 0.428. The van der Waals surface area contributed by atoms with E-state index in [1.54, 1.807) is 24.1 Å². The lowest BCUT2D eigenvalue weighted by molar-refractivity contribution is -0.118. The van der Waals surface area contributed by atoms with E-state index in [1.807, 2.05) is 49.3 Å². The fraction of sp³-hybridized carbons (Fsp3) is 0.345. The number of anilines is 2. The summed E-state index contributed by atoms with van der Waals surface area (Å²) in [5.74, 6) is -0.810. The number of imide groups is 1. The van der Waals surface area contributed by atoms with Gasteiger partial charge in [0.1, 0.15) is 17.4 Å². The Morgan fingerprint density at radius 2 is 1.84 bits per heavy atom. The van der Waals surface area contributed by atoms with Crippen LogP contribution < -0.4 is 10.6 Å². The van der Waals surface area contributed by atoms with Crippen molar-refractivity contribution in [2.75, 3.05) is 26.0 Å². The van der Waals surface area contributed by atoms with Gasteiger partial charge in [0.25, 0.3) is 5.91 Å². The molecule has 38 heavy (non-hydrogen) atoms. The number of hydrogen-bond donors (Lipinski definition) is 2. The van der Waals surface area contributed by atoms with Crippen LogP contribution in [0.3, 0.4) is 0 Å². The molecule has 0 radical (unpaired) electrons. The number of carbonyl (C=O) groups excluding carboxylic acids is 2. The van der Waals surface area contributed by atoms with Gasteiger partial charge in [0.15, 0.2) is 0 Å². The number of nitrogens with two attached hydrogens (primary N) is 1. The minimum Gasteiger partial charge on any atom is -0.508 e. The molecule has 1 saturated carbocycles. The number of phenolic OH excluding ortho intramolecular Hbond substituents is 1. The molecule has 2 aromatic carbocycles. The third-order valence-corrected chi connectivity index (χ3v) is 6.98. The van der Waals surface area contributed by atoms with Crippen LogP contribution >= 0.6 is 0 Å². The van der Waals surface area contributed by atoms with E-state index in [4.69, 9.17) is 5.73 Å². The second-order valence-electron chi connectivity index (χ2n) is 10.1.